The maximum atomic E-state index is 13.0. The van der Waals surface area contributed by atoms with Crippen LogP contribution in [0, 0.1) is 5.82 Å². The fourth-order valence-corrected chi connectivity index (χ4v) is 2.42. The van der Waals surface area contributed by atoms with E-state index in [1.54, 1.807) is 0 Å². The number of nitrogens with one attached hydrogen (secondary N) is 2. The third kappa shape index (κ3) is 2.98. The van der Waals surface area contributed by atoms with Crippen molar-refractivity contribution in [3.8, 4) is 0 Å². The molecule has 0 saturated heterocycles. The molecule has 1 unspecified atom stereocenters. The molecule has 1 aliphatic heterocycles. The monoisotopic (exact) mass is 272 g/mol. The molecule has 1 atom stereocenters. The van der Waals surface area contributed by atoms with Crippen molar-refractivity contribution in [2.45, 2.75) is 12.5 Å². The summed E-state index contributed by atoms with van der Waals surface area (Å²) in [6.07, 6.45) is 1.27. The number of amides is 1. The first-order valence-electron chi connectivity index (χ1n) is 5.40. The molecule has 0 fully saturated rings. The standard InChI is InChI=1S/C11H13FN2O3S/c1-18(16,17)5-4-9-11(15)14-8-3-2-7(12)6-10(8)13-9/h2-3,6,9,13H,4-5H2,1H3,(H,14,15). The van der Waals surface area contributed by atoms with Crippen LogP contribution in [0.3, 0.4) is 0 Å². The molecule has 18 heavy (non-hydrogen) atoms. The van der Waals surface area contributed by atoms with Crippen LogP contribution in [0.15, 0.2) is 18.2 Å². The number of hydrogen-bond donors (Lipinski definition) is 2. The topological polar surface area (TPSA) is 75.3 Å². The molecular weight excluding hydrogens is 259 g/mol. The number of benzene rings is 1. The van der Waals surface area contributed by atoms with Crippen LogP contribution in [0.25, 0.3) is 0 Å². The maximum absolute atomic E-state index is 13.0. The molecule has 0 aromatic heterocycles. The van der Waals surface area contributed by atoms with Gasteiger partial charge >= 0.3 is 0 Å². The zero-order valence-electron chi connectivity index (χ0n) is 9.73. The van der Waals surface area contributed by atoms with Gasteiger partial charge in [0.25, 0.3) is 0 Å². The molecule has 0 bridgehead atoms. The van der Waals surface area contributed by atoms with E-state index >= 15 is 0 Å². The number of fused-ring (bicyclic) bond motifs is 1. The number of anilines is 2. The molecule has 0 radical (unpaired) electrons. The largest absolute Gasteiger partial charge is 0.372 e. The van der Waals surface area contributed by atoms with Crippen LogP contribution in [-0.4, -0.2) is 32.4 Å². The second kappa shape index (κ2) is 4.56. The number of rotatable bonds is 3. The van der Waals surface area contributed by atoms with Gasteiger partial charge in [-0.05, 0) is 24.6 Å². The first-order chi connectivity index (χ1) is 8.35. The lowest BCUT2D eigenvalue weighted by molar-refractivity contribution is -0.117. The number of halogens is 1. The third-order valence-corrected chi connectivity index (χ3v) is 3.64. The predicted octanol–water partition coefficient (Wildman–Crippen LogP) is 0.993. The summed E-state index contributed by atoms with van der Waals surface area (Å²) in [6.45, 7) is 0. The minimum absolute atomic E-state index is 0.0945. The highest BCUT2D eigenvalue weighted by atomic mass is 32.2. The molecule has 1 heterocycles. The molecular formula is C11H13FN2O3S. The minimum Gasteiger partial charge on any atom is -0.372 e. The molecule has 2 N–H and O–H groups in total. The van der Waals surface area contributed by atoms with Gasteiger partial charge in [-0.2, -0.15) is 0 Å². The van der Waals surface area contributed by atoms with E-state index in [4.69, 9.17) is 0 Å². The van der Waals surface area contributed by atoms with Crippen LogP contribution in [-0.2, 0) is 14.6 Å². The smallest absolute Gasteiger partial charge is 0.246 e. The van der Waals surface area contributed by atoms with E-state index in [2.05, 4.69) is 10.6 Å². The quantitative estimate of drug-likeness (QED) is 0.860. The Bertz CT molecular complexity index is 586. The molecule has 1 aromatic carbocycles. The van der Waals surface area contributed by atoms with Gasteiger partial charge in [-0.15, -0.1) is 0 Å². The van der Waals surface area contributed by atoms with E-state index in [1.807, 2.05) is 0 Å². The van der Waals surface area contributed by atoms with Crippen molar-refractivity contribution in [3.63, 3.8) is 0 Å². The number of carbonyl (C=O) groups excluding carboxylic acids is 1. The third-order valence-electron chi connectivity index (χ3n) is 2.66. The van der Waals surface area contributed by atoms with Crippen molar-refractivity contribution in [2.24, 2.45) is 0 Å². The first kappa shape index (κ1) is 12.8. The van der Waals surface area contributed by atoms with E-state index in [0.29, 0.717) is 11.4 Å². The number of sulfone groups is 1. The van der Waals surface area contributed by atoms with E-state index in [9.17, 15) is 17.6 Å². The molecule has 1 aromatic rings. The van der Waals surface area contributed by atoms with Gasteiger partial charge in [0.2, 0.25) is 5.91 Å². The normalized spacial score (nSPS) is 18.8. The lowest BCUT2D eigenvalue weighted by Crippen LogP contribution is -2.40. The van der Waals surface area contributed by atoms with Gasteiger partial charge in [0.05, 0.1) is 17.1 Å². The van der Waals surface area contributed by atoms with Crippen molar-refractivity contribution >= 4 is 27.1 Å². The summed E-state index contributed by atoms with van der Waals surface area (Å²) in [5.74, 6) is -0.819. The Kier molecular flexibility index (Phi) is 3.25. The molecule has 98 valence electrons. The molecule has 1 amide bonds. The Hall–Kier alpha value is -1.63. The van der Waals surface area contributed by atoms with Crippen molar-refractivity contribution < 1.29 is 17.6 Å². The molecule has 5 nitrogen and oxygen atoms in total. The lowest BCUT2D eigenvalue weighted by atomic mass is 10.1. The summed E-state index contributed by atoms with van der Waals surface area (Å²) in [6, 6.07) is 3.32. The summed E-state index contributed by atoms with van der Waals surface area (Å²) in [7, 11) is -3.13. The van der Waals surface area contributed by atoms with Gasteiger partial charge in [-0.25, -0.2) is 12.8 Å². The summed E-state index contributed by atoms with van der Waals surface area (Å²) >= 11 is 0. The van der Waals surface area contributed by atoms with Gasteiger partial charge < -0.3 is 10.6 Å². The molecule has 7 heteroatoms. The van der Waals surface area contributed by atoms with Crippen LogP contribution in [0.1, 0.15) is 6.42 Å². The highest BCUT2D eigenvalue weighted by molar-refractivity contribution is 7.90. The van der Waals surface area contributed by atoms with Gasteiger partial charge in [0, 0.05) is 6.26 Å². The van der Waals surface area contributed by atoms with Crippen molar-refractivity contribution in [2.75, 3.05) is 22.6 Å². The van der Waals surface area contributed by atoms with Crippen LogP contribution in [0.4, 0.5) is 15.8 Å². The Morgan fingerprint density at radius 2 is 2.06 bits per heavy atom. The van der Waals surface area contributed by atoms with Gasteiger partial charge in [-0.1, -0.05) is 0 Å². The summed E-state index contributed by atoms with van der Waals surface area (Å²) < 4.78 is 35.2. The average Bonchev–Trinajstić information content (AvgIpc) is 2.26. The first-order valence-corrected chi connectivity index (χ1v) is 7.46. The Balaban J connectivity index is 2.14. The Morgan fingerprint density at radius 3 is 2.72 bits per heavy atom. The second-order valence-electron chi connectivity index (χ2n) is 4.29. The summed E-state index contributed by atoms with van der Waals surface area (Å²) in [4.78, 5) is 11.7. The molecule has 1 aliphatic rings. The van der Waals surface area contributed by atoms with Crippen molar-refractivity contribution in [1.29, 1.82) is 0 Å². The van der Waals surface area contributed by atoms with E-state index in [-0.39, 0.29) is 18.1 Å². The van der Waals surface area contributed by atoms with E-state index in [1.165, 1.54) is 18.2 Å². The summed E-state index contributed by atoms with van der Waals surface area (Å²) in [5.41, 5.74) is 0.963. The minimum atomic E-state index is -3.13. The Labute approximate surface area is 104 Å². The van der Waals surface area contributed by atoms with Crippen LogP contribution < -0.4 is 10.6 Å². The van der Waals surface area contributed by atoms with Crippen LogP contribution >= 0.6 is 0 Å². The van der Waals surface area contributed by atoms with Gasteiger partial charge in [-0.3, -0.25) is 4.79 Å². The van der Waals surface area contributed by atoms with Gasteiger partial charge in [0.15, 0.2) is 0 Å². The molecule has 2 rings (SSSR count). The fourth-order valence-electron chi connectivity index (χ4n) is 1.75. The predicted molar refractivity (Wildman–Crippen MR) is 66.8 cm³/mol. The van der Waals surface area contributed by atoms with E-state index < -0.39 is 21.7 Å². The zero-order chi connectivity index (χ0) is 13.3. The van der Waals surface area contributed by atoms with Crippen LogP contribution in [0.5, 0.6) is 0 Å². The summed E-state index contributed by atoms with van der Waals surface area (Å²) in [5, 5.41) is 5.45. The molecule has 0 spiro atoms. The Morgan fingerprint density at radius 1 is 1.33 bits per heavy atom. The van der Waals surface area contributed by atoms with Crippen molar-refractivity contribution in [3.05, 3.63) is 24.0 Å². The number of carbonyl (C=O) groups is 1. The van der Waals surface area contributed by atoms with E-state index in [0.717, 1.165) is 6.26 Å². The molecule has 0 saturated carbocycles. The SMILES string of the molecule is CS(=O)(=O)CCC1Nc2cc(F)ccc2NC1=O. The van der Waals surface area contributed by atoms with Crippen LogP contribution in [0.2, 0.25) is 0 Å². The highest BCUT2D eigenvalue weighted by Gasteiger charge is 2.26. The zero-order valence-corrected chi connectivity index (χ0v) is 10.6. The highest BCUT2D eigenvalue weighted by Crippen LogP contribution is 2.28. The second-order valence-corrected chi connectivity index (χ2v) is 6.55. The maximum Gasteiger partial charge on any atom is 0.246 e. The van der Waals surface area contributed by atoms with Crippen molar-refractivity contribution in [1.82, 2.24) is 0 Å². The fraction of sp³-hybridized carbons (Fsp3) is 0.364. The lowest BCUT2D eigenvalue weighted by Gasteiger charge is -2.26. The van der Waals surface area contributed by atoms with Gasteiger partial charge in [0.1, 0.15) is 21.7 Å². The average molecular weight is 272 g/mol. The number of hydrogen-bond acceptors (Lipinski definition) is 4. The molecule has 0 aliphatic carbocycles.